The van der Waals surface area contributed by atoms with E-state index in [4.69, 9.17) is 4.42 Å². The number of fused-ring (bicyclic) bond motifs is 2. The van der Waals surface area contributed by atoms with Crippen molar-refractivity contribution in [3.8, 4) is 0 Å². The van der Waals surface area contributed by atoms with Crippen LogP contribution in [0.25, 0.3) is 11.1 Å². The van der Waals surface area contributed by atoms with Gasteiger partial charge < -0.3 is 14.6 Å². The summed E-state index contributed by atoms with van der Waals surface area (Å²) in [5.41, 5.74) is 4.10. The summed E-state index contributed by atoms with van der Waals surface area (Å²) in [6.45, 7) is 3.80. The van der Waals surface area contributed by atoms with Gasteiger partial charge in [-0.15, -0.1) is 0 Å². The molecule has 0 fully saturated rings. The van der Waals surface area contributed by atoms with Crippen LogP contribution in [0.15, 0.2) is 45.6 Å². The minimum atomic E-state index is -0.499. The molecule has 132 valence electrons. The summed E-state index contributed by atoms with van der Waals surface area (Å²) >= 11 is 0. The van der Waals surface area contributed by atoms with Crippen molar-refractivity contribution in [3.63, 3.8) is 0 Å². The number of H-pyrrole nitrogens is 1. The molecule has 0 saturated carbocycles. The number of aromatic amines is 1. The van der Waals surface area contributed by atoms with Crippen molar-refractivity contribution >= 4 is 28.6 Å². The van der Waals surface area contributed by atoms with E-state index in [1.54, 1.807) is 29.2 Å². The van der Waals surface area contributed by atoms with Crippen LogP contribution in [0.2, 0.25) is 0 Å². The summed E-state index contributed by atoms with van der Waals surface area (Å²) in [5, 5.41) is 2.70. The fourth-order valence-corrected chi connectivity index (χ4v) is 3.38. The van der Waals surface area contributed by atoms with Crippen molar-refractivity contribution in [1.29, 1.82) is 0 Å². The molecule has 0 saturated heterocycles. The molecule has 0 radical (unpaired) electrons. The third-order valence-electron chi connectivity index (χ3n) is 4.62. The fourth-order valence-electron chi connectivity index (χ4n) is 3.38. The Labute approximate surface area is 148 Å². The van der Waals surface area contributed by atoms with Gasteiger partial charge in [-0.1, -0.05) is 12.1 Å². The van der Waals surface area contributed by atoms with E-state index in [0.29, 0.717) is 28.9 Å². The molecular formula is C19H17N3O4. The molecule has 2 amide bonds. The standard InChI is InChI=1S/C19H17N3O4/c1-10-14-5-4-13(20-11(2)23)8-15(14)18(24)22(10)9-12-3-6-16-17(7-12)26-19(25)21-16/h3-8,10H,9H2,1-2H3,(H,20,23)(H,21,25). The Kier molecular flexibility index (Phi) is 3.64. The molecule has 4 rings (SSSR count). The van der Waals surface area contributed by atoms with E-state index >= 15 is 0 Å². The summed E-state index contributed by atoms with van der Waals surface area (Å²) in [6.07, 6.45) is 0. The van der Waals surface area contributed by atoms with Crippen LogP contribution in [0.1, 0.15) is 41.4 Å². The molecule has 26 heavy (non-hydrogen) atoms. The highest BCUT2D eigenvalue weighted by Gasteiger charge is 2.34. The van der Waals surface area contributed by atoms with Gasteiger partial charge in [-0.2, -0.15) is 0 Å². The Morgan fingerprint density at radius 1 is 1.23 bits per heavy atom. The van der Waals surface area contributed by atoms with E-state index in [1.807, 2.05) is 19.1 Å². The van der Waals surface area contributed by atoms with Gasteiger partial charge in [0.15, 0.2) is 5.58 Å². The molecule has 1 unspecified atom stereocenters. The molecule has 1 aliphatic rings. The number of hydrogen-bond donors (Lipinski definition) is 2. The largest absolute Gasteiger partial charge is 0.417 e. The lowest BCUT2D eigenvalue weighted by Crippen LogP contribution is -2.26. The molecule has 1 aliphatic heterocycles. The average Bonchev–Trinajstić information content (AvgIpc) is 3.06. The van der Waals surface area contributed by atoms with Crippen molar-refractivity contribution < 1.29 is 14.0 Å². The molecule has 7 nitrogen and oxygen atoms in total. The molecule has 2 N–H and O–H groups in total. The summed E-state index contributed by atoms with van der Waals surface area (Å²) in [7, 11) is 0. The molecule has 1 atom stereocenters. The number of amides is 2. The molecule has 1 aromatic heterocycles. The zero-order valence-electron chi connectivity index (χ0n) is 14.3. The number of benzene rings is 2. The highest BCUT2D eigenvalue weighted by molar-refractivity contribution is 6.01. The number of oxazole rings is 1. The van der Waals surface area contributed by atoms with Gasteiger partial charge in [0, 0.05) is 24.7 Å². The van der Waals surface area contributed by atoms with Crippen LogP contribution < -0.4 is 11.1 Å². The first-order chi connectivity index (χ1) is 12.4. The van der Waals surface area contributed by atoms with Crippen molar-refractivity contribution in [1.82, 2.24) is 9.88 Å². The van der Waals surface area contributed by atoms with E-state index in [2.05, 4.69) is 10.3 Å². The van der Waals surface area contributed by atoms with Crippen LogP contribution in [-0.2, 0) is 11.3 Å². The monoisotopic (exact) mass is 351 g/mol. The van der Waals surface area contributed by atoms with Crippen LogP contribution in [0.3, 0.4) is 0 Å². The summed E-state index contributed by atoms with van der Waals surface area (Å²) < 4.78 is 5.09. The van der Waals surface area contributed by atoms with E-state index in [0.717, 1.165) is 11.1 Å². The van der Waals surface area contributed by atoms with Gasteiger partial charge in [0.1, 0.15) is 0 Å². The maximum Gasteiger partial charge on any atom is 0.417 e. The number of aromatic nitrogens is 1. The molecule has 3 aromatic rings. The third-order valence-corrected chi connectivity index (χ3v) is 4.62. The van der Waals surface area contributed by atoms with Gasteiger partial charge >= 0.3 is 5.76 Å². The molecule has 2 heterocycles. The van der Waals surface area contributed by atoms with Gasteiger partial charge in [0.2, 0.25) is 5.91 Å². The van der Waals surface area contributed by atoms with E-state index in [-0.39, 0.29) is 17.9 Å². The molecule has 0 bridgehead atoms. The normalized spacial score (nSPS) is 16.2. The zero-order chi connectivity index (χ0) is 18.4. The first-order valence-corrected chi connectivity index (χ1v) is 8.26. The van der Waals surface area contributed by atoms with Gasteiger partial charge in [0.05, 0.1) is 11.6 Å². The molecular weight excluding hydrogens is 334 g/mol. The number of carbonyl (C=O) groups is 2. The second-order valence-corrected chi connectivity index (χ2v) is 6.44. The van der Waals surface area contributed by atoms with Crippen LogP contribution in [-0.4, -0.2) is 21.7 Å². The maximum absolute atomic E-state index is 12.9. The Morgan fingerprint density at radius 3 is 2.81 bits per heavy atom. The lowest BCUT2D eigenvalue weighted by Gasteiger charge is -2.22. The summed E-state index contributed by atoms with van der Waals surface area (Å²) in [4.78, 5) is 39.7. The Balaban J connectivity index is 1.63. The highest BCUT2D eigenvalue weighted by Crippen LogP contribution is 2.36. The van der Waals surface area contributed by atoms with Crippen molar-refractivity contribution in [2.75, 3.05) is 5.32 Å². The summed E-state index contributed by atoms with van der Waals surface area (Å²) in [6, 6.07) is 10.7. The smallest absolute Gasteiger partial charge is 0.408 e. The van der Waals surface area contributed by atoms with Crippen LogP contribution >= 0.6 is 0 Å². The van der Waals surface area contributed by atoms with Gasteiger partial charge in [-0.05, 0) is 42.3 Å². The maximum atomic E-state index is 12.9. The van der Waals surface area contributed by atoms with Gasteiger partial charge in [-0.3, -0.25) is 14.6 Å². The minimum Gasteiger partial charge on any atom is -0.408 e. The van der Waals surface area contributed by atoms with Crippen molar-refractivity contribution in [2.24, 2.45) is 0 Å². The Bertz CT molecular complexity index is 1100. The van der Waals surface area contributed by atoms with Crippen molar-refractivity contribution in [2.45, 2.75) is 26.4 Å². The van der Waals surface area contributed by atoms with Crippen LogP contribution in [0, 0.1) is 0 Å². The quantitative estimate of drug-likeness (QED) is 0.758. The zero-order valence-corrected chi connectivity index (χ0v) is 14.3. The first-order valence-electron chi connectivity index (χ1n) is 8.26. The SMILES string of the molecule is CC(=O)Nc1ccc2c(c1)C(=O)N(Cc1ccc3[nH]c(=O)oc3c1)C2C. The second-order valence-electron chi connectivity index (χ2n) is 6.44. The van der Waals surface area contributed by atoms with Crippen LogP contribution in [0.5, 0.6) is 0 Å². The van der Waals surface area contributed by atoms with Crippen molar-refractivity contribution in [3.05, 3.63) is 63.6 Å². The summed E-state index contributed by atoms with van der Waals surface area (Å²) in [5.74, 6) is -0.766. The highest BCUT2D eigenvalue weighted by atomic mass is 16.4. The molecule has 0 spiro atoms. The number of carbonyl (C=O) groups excluding carboxylic acids is 2. The predicted octanol–water partition coefficient (Wildman–Crippen LogP) is 2.80. The number of hydrogen-bond acceptors (Lipinski definition) is 4. The number of nitrogens with zero attached hydrogens (tertiary/aromatic N) is 1. The fraction of sp³-hybridized carbons (Fsp3) is 0.211. The van der Waals surface area contributed by atoms with E-state index in [9.17, 15) is 14.4 Å². The average molecular weight is 351 g/mol. The lowest BCUT2D eigenvalue weighted by molar-refractivity contribution is -0.114. The minimum absolute atomic E-state index is 0.0854. The third kappa shape index (κ3) is 2.67. The molecule has 7 heteroatoms. The second kappa shape index (κ2) is 5.87. The lowest BCUT2D eigenvalue weighted by atomic mass is 10.0. The number of anilines is 1. The van der Waals surface area contributed by atoms with E-state index in [1.165, 1.54) is 6.92 Å². The van der Waals surface area contributed by atoms with Gasteiger partial charge in [-0.25, -0.2) is 4.79 Å². The number of nitrogens with one attached hydrogen (secondary N) is 2. The Hall–Kier alpha value is -3.35. The Morgan fingerprint density at radius 2 is 2.04 bits per heavy atom. The van der Waals surface area contributed by atoms with E-state index < -0.39 is 5.76 Å². The predicted molar refractivity (Wildman–Crippen MR) is 95.9 cm³/mol. The molecule has 2 aromatic carbocycles. The van der Waals surface area contributed by atoms with Gasteiger partial charge in [0.25, 0.3) is 5.91 Å². The number of rotatable bonds is 3. The first kappa shape index (κ1) is 16.1. The topological polar surface area (TPSA) is 95.4 Å². The molecule has 0 aliphatic carbocycles. The van der Waals surface area contributed by atoms with Crippen LogP contribution in [0.4, 0.5) is 5.69 Å².